The van der Waals surface area contributed by atoms with E-state index in [1.807, 2.05) is 0 Å². The zero-order chi connectivity index (χ0) is 11.2. The Hall–Kier alpha value is -1.04. The van der Waals surface area contributed by atoms with Crippen LogP contribution in [0.4, 0.5) is 0 Å². The Morgan fingerprint density at radius 2 is 1.35 bits per heavy atom. The smallest absolute Gasteiger partial charge is 0.0260 e. The van der Waals surface area contributed by atoms with E-state index in [0.29, 0.717) is 10.8 Å². The summed E-state index contributed by atoms with van der Waals surface area (Å²) in [5.41, 5.74) is 3.81. The van der Waals surface area contributed by atoms with Crippen molar-refractivity contribution in [2.75, 3.05) is 0 Å². The van der Waals surface area contributed by atoms with Crippen LogP contribution < -0.4 is 0 Å². The van der Waals surface area contributed by atoms with Crippen molar-refractivity contribution in [1.82, 2.24) is 0 Å². The van der Waals surface area contributed by atoms with Gasteiger partial charge in [0.15, 0.2) is 0 Å². The predicted molar refractivity (Wildman–Crippen MR) is 67.0 cm³/mol. The van der Waals surface area contributed by atoms with Crippen LogP contribution in [0, 0.1) is 46.3 Å². The molecule has 8 unspecified atom stereocenters. The van der Waals surface area contributed by atoms with Gasteiger partial charge in [-0.05, 0) is 41.9 Å². The molecule has 0 radical (unpaired) electrons. The average molecular weight is 220 g/mol. The maximum Gasteiger partial charge on any atom is 0.0260 e. The van der Waals surface area contributed by atoms with Crippen LogP contribution in [0.25, 0.3) is 0 Å². The number of hydrogen-bond donors (Lipinski definition) is 0. The van der Waals surface area contributed by atoms with Crippen molar-refractivity contribution in [3.05, 3.63) is 48.6 Å². The molecular formula is C17H16. The Morgan fingerprint density at radius 3 is 1.82 bits per heavy atom. The lowest BCUT2D eigenvalue weighted by Crippen LogP contribution is -2.61. The number of fused-ring (bicyclic) bond motifs is 1. The standard InChI is InChI=1S/C17H16/c1-8-12-10-7-11-13(12)9(2)17-6-4-3-5-16(8,17)14(10)15(11)17/h3-6,10-15H,1-2,7H2. The van der Waals surface area contributed by atoms with Crippen molar-refractivity contribution in [3.8, 4) is 0 Å². The molecule has 0 nitrogen and oxygen atoms in total. The van der Waals surface area contributed by atoms with Gasteiger partial charge in [-0.3, -0.25) is 0 Å². The maximum absolute atomic E-state index is 4.55. The molecule has 84 valence electrons. The molecule has 2 bridgehead atoms. The molecule has 2 spiro atoms. The van der Waals surface area contributed by atoms with Crippen molar-refractivity contribution in [2.24, 2.45) is 46.3 Å². The lowest BCUT2D eigenvalue weighted by atomic mass is 9.37. The molecule has 0 aromatic heterocycles. The summed E-state index contributed by atoms with van der Waals surface area (Å²) in [6, 6.07) is 0. The first-order valence-electron chi connectivity index (χ1n) is 7.01. The molecule has 5 fully saturated rings. The quantitative estimate of drug-likeness (QED) is 0.549. The van der Waals surface area contributed by atoms with Crippen LogP contribution in [0.1, 0.15) is 6.42 Å². The van der Waals surface area contributed by atoms with Crippen LogP contribution in [0.5, 0.6) is 0 Å². The highest BCUT2D eigenvalue weighted by atomic mass is 14.9. The third-order valence-corrected chi connectivity index (χ3v) is 7.60. The second-order valence-corrected chi connectivity index (χ2v) is 7.17. The Morgan fingerprint density at radius 1 is 0.882 bits per heavy atom. The summed E-state index contributed by atoms with van der Waals surface area (Å²) in [6.45, 7) is 9.10. The number of allylic oxidation sites excluding steroid dienone is 6. The van der Waals surface area contributed by atoms with E-state index in [2.05, 4.69) is 37.5 Å². The molecule has 6 aliphatic carbocycles. The van der Waals surface area contributed by atoms with E-state index in [0.717, 1.165) is 35.5 Å². The van der Waals surface area contributed by atoms with Gasteiger partial charge in [0.25, 0.3) is 0 Å². The Labute approximate surface area is 102 Å². The highest BCUT2D eigenvalue weighted by Crippen LogP contribution is 2.95. The second kappa shape index (κ2) is 1.83. The Balaban J connectivity index is 1.83. The van der Waals surface area contributed by atoms with Crippen LogP contribution in [0.15, 0.2) is 48.6 Å². The third-order valence-electron chi connectivity index (χ3n) is 7.60. The van der Waals surface area contributed by atoms with Crippen LogP contribution >= 0.6 is 0 Å². The van der Waals surface area contributed by atoms with Gasteiger partial charge in [-0.25, -0.2) is 0 Å². The summed E-state index contributed by atoms with van der Waals surface area (Å²) in [6.07, 6.45) is 11.0. The summed E-state index contributed by atoms with van der Waals surface area (Å²) in [5.74, 6) is 5.40. The summed E-state index contributed by atoms with van der Waals surface area (Å²) >= 11 is 0. The molecule has 0 saturated heterocycles. The van der Waals surface area contributed by atoms with Crippen molar-refractivity contribution >= 4 is 0 Å². The molecule has 6 aliphatic rings. The normalized spacial score (nSPS) is 70.4. The molecule has 0 aliphatic heterocycles. The minimum absolute atomic E-state index is 0.320. The summed E-state index contributed by atoms with van der Waals surface area (Å²) in [4.78, 5) is 0. The average Bonchev–Trinajstić information content (AvgIpc) is 2.86. The van der Waals surface area contributed by atoms with Gasteiger partial charge in [0, 0.05) is 10.8 Å². The first-order valence-corrected chi connectivity index (χ1v) is 7.01. The van der Waals surface area contributed by atoms with Crippen LogP contribution in [0.3, 0.4) is 0 Å². The van der Waals surface area contributed by atoms with Gasteiger partial charge in [0.1, 0.15) is 0 Å². The fraction of sp³-hybridized carbons (Fsp3) is 0.529. The predicted octanol–water partition coefficient (Wildman–Crippen LogP) is 3.35. The third kappa shape index (κ3) is 0.424. The van der Waals surface area contributed by atoms with E-state index in [1.54, 1.807) is 11.1 Å². The molecule has 8 atom stereocenters. The van der Waals surface area contributed by atoms with Gasteiger partial charge in [0.05, 0.1) is 0 Å². The first-order chi connectivity index (χ1) is 8.25. The van der Waals surface area contributed by atoms with Gasteiger partial charge in [-0.15, -0.1) is 0 Å². The lowest BCUT2D eigenvalue weighted by Gasteiger charge is -2.65. The van der Waals surface area contributed by atoms with Gasteiger partial charge < -0.3 is 0 Å². The molecule has 0 heteroatoms. The van der Waals surface area contributed by atoms with Crippen molar-refractivity contribution in [2.45, 2.75) is 6.42 Å². The van der Waals surface area contributed by atoms with E-state index >= 15 is 0 Å². The second-order valence-electron chi connectivity index (χ2n) is 7.17. The molecule has 0 heterocycles. The van der Waals surface area contributed by atoms with E-state index in [-0.39, 0.29) is 0 Å². The zero-order valence-corrected chi connectivity index (χ0v) is 9.89. The fourth-order valence-electron chi connectivity index (χ4n) is 7.70. The fourth-order valence-corrected chi connectivity index (χ4v) is 7.70. The topological polar surface area (TPSA) is 0 Å². The van der Waals surface area contributed by atoms with Crippen LogP contribution in [0.2, 0.25) is 0 Å². The van der Waals surface area contributed by atoms with E-state index < -0.39 is 0 Å². The Kier molecular flexibility index (Phi) is 0.873. The molecule has 6 rings (SSSR count). The van der Waals surface area contributed by atoms with E-state index in [9.17, 15) is 0 Å². The molecule has 0 aromatic carbocycles. The van der Waals surface area contributed by atoms with Crippen molar-refractivity contribution in [1.29, 1.82) is 0 Å². The largest absolute Gasteiger partial charge is 0.0986 e. The van der Waals surface area contributed by atoms with Gasteiger partial charge >= 0.3 is 0 Å². The first kappa shape index (κ1) is 8.13. The van der Waals surface area contributed by atoms with Gasteiger partial charge in [-0.2, -0.15) is 0 Å². The summed E-state index contributed by atoms with van der Waals surface area (Å²) < 4.78 is 0. The van der Waals surface area contributed by atoms with Gasteiger partial charge in [-0.1, -0.05) is 48.6 Å². The number of hydrogen-bond acceptors (Lipinski definition) is 0. The van der Waals surface area contributed by atoms with Crippen LogP contribution in [-0.4, -0.2) is 0 Å². The minimum Gasteiger partial charge on any atom is -0.0986 e. The summed E-state index contributed by atoms with van der Waals surface area (Å²) in [7, 11) is 0. The summed E-state index contributed by atoms with van der Waals surface area (Å²) in [5, 5.41) is 0. The van der Waals surface area contributed by atoms with Crippen molar-refractivity contribution in [3.63, 3.8) is 0 Å². The molecule has 0 aromatic rings. The van der Waals surface area contributed by atoms with E-state index in [4.69, 9.17) is 0 Å². The monoisotopic (exact) mass is 220 g/mol. The molecule has 0 amide bonds. The Bertz CT molecular complexity index is 539. The maximum atomic E-state index is 4.55. The van der Waals surface area contributed by atoms with Crippen LogP contribution in [-0.2, 0) is 0 Å². The minimum atomic E-state index is 0.320. The molecule has 0 N–H and O–H groups in total. The molecular weight excluding hydrogens is 204 g/mol. The highest BCUT2D eigenvalue weighted by molar-refractivity contribution is 5.63. The SMILES string of the molecule is C=C1C2C3CC4C2C(=C)C25C=CC=CC12C3C45. The molecule has 5 saturated carbocycles. The lowest BCUT2D eigenvalue weighted by molar-refractivity contribution is -0.0668. The van der Waals surface area contributed by atoms with E-state index in [1.165, 1.54) is 6.42 Å². The number of rotatable bonds is 0. The van der Waals surface area contributed by atoms with Crippen molar-refractivity contribution < 1.29 is 0 Å². The highest BCUT2D eigenvalue weighted by Gasteiger charge is 2.90. The zero-order valence-electron chi connectivity index (χ0n) is 9.89. The molecule has 17 heavy (non-hydrogen) atoms. The van der Waals surface area contributed by atoms with Gasteiger partial charge in [0.2, 0.25) is 0 Å².